The topological polar surface area (TPSA) is 45.8 Å². The molecular formula is C9H10N2OS. The van der Waals surface area contributed by atoms with Gasteiger partial charge in [0.05, 0.1) is 21.4 Å². The van der Waals surface area contributed by atoms with Gasteiger partial charge in [0.1, 0.15) is 5.65 Å². The van der Waals surface area contributed by atoms with E-state index in [1.54, 1.807) is 6.26 Å². The fraction of sp³-hybridized carbons (Fsp3) is 0.222. The molecule has 68 valence electrons. The zero-order chi connectivity index (χ0) is 9.42. The average molecular weight is 194 g/mol. The number of aromatic amines is 1. The highest BCUT2D eigenvalue weighted by molar-refractivity contribution is 7.84. The summed E-state index contributed by atoms with van der Waals surface area (Å²) in [6.07, 6.45) is 3.50. The number of nitrogens with zero attached hydrogens (tertiary/aromatic N) is 1. The van der Waals surface area contributed by atoms with Gasteiger partial charge in [0.2, 0.25) is 0 Å². The Morgan fingerprint density at radius 3 is 3.00 bits per heavy atom. The quantitative estimate of drug-likeness (QED) is 0.749. The van der Waals surface area contributed by atoms with Crippen molar-refractivity contribution in [1.29, 1.82) is 0 Å². The molecule has 0 fully saturated rings. The molecule has 2 rings (SSSR count). The minimum absolute atomic E-state index is 0.812. The van der Waals surface area contributed by atoms with Crippen molar-refractivity contribution < 1.29 is 4.21 Å². The molecule has 13 heavy (non-hydrogen) atoms. The Labute approximate surface area is 78.6 Å². The largest absolute Gasteiger partial charge is 0.346 e. The van der Waals surface area contributed by atoms with Gasteiger partial charge in [0.25, 0.3) is 0 Å². The summed E-state index contributed by atoms with van der Waals surface area (Å²) in [4.78, 5) is 8.14. The molecule has 2 aromatic heterocycles. The van der Waals surface area contributed by atoms with Gasteiger partial charge in [-0.05, 0) is 19.1 Å². The summed E-state index contributed by atoms with van der Waals surface area (Å²) in [7, 11) is -0.957. The molecule has 0 bridgehead atoms. The van der Waals surface area contributed by atoms with E-state index in [0.717, 1.165) is 21.6 Å². The van der Waals surface area contributed by atoms with Crippen LogP contribution in [0, 0.1) is 6.92 Å². The molecule has 0 aliphatic carbocycles. The molecule has 0 radical (unpaired) electrons. The van der Waals surface area contributed by atoms with E-state index in [1.165, 1.54) is 0 Å². The van der Waals surface area contributed by atoms with E-state index in [4.69, 9.17) is 0 Å². The molecule has 0 amide bonds. The maximum atomic E-state index is 11.3. The summed E-state index contributed by atoms with van der Waals surface area (Å²) < 4.78 is 11.3. The third kappa shape index (κ3) is 1.37. The van der Waals surface area contributed by atoms with Crippen LogP contribution >= 0.6 is 0 Å². The van der Waals surface area contributed by atoms with E-state index < -0.39 is 10.8 Å². The standard InChI is InChI=1S/C9H10N2OS/c1-6-8(13(2)12)5-7-3-4-10-9(7)11-6/h3-5H,1-2H3,(H,10,11). The second-order valence-electron chi connectivity index (χ2n) is 2.94. The molecule has 0 spiro atoms. The lowest BCUT2D eigenvalue weighted by molar-refractivity contribution is 0.686. The number of hydrogen-bond donors (Lipinski definition) is 1. The smallest absolute Gasteiger partial charge is 0.137 e. The molecule has 2 aromatic rings. The van der Waals surface area contributed by atoms with E-state index in [9.17, 15) is 4.21 Å². The predicted octanol–water partition coefficient (Wildman–Crippen LogP) is 1.61. The summed E-state index contributed by atoms with van der Waals surface area (Å²) in [6.45, 7) is 1.87. The SMILES string of the molecule is Cc1nc2[nH]ccc2cc1S(C)=O. The second-order valence-corrected chi connectivity index (χ2v) is 4.29. The Bertz CT molecular complexity index is 475. The van der Waals surface area contributed by atoms with Crippen LogP contribution in [-0.4, -0.2) is 20.4 Å². The van der Waals surface area contributed by atoms with Crippen molar-refractivity contribution in [2.24, 2.45) is 0 Å². The van der Waals surface area contributed by atoms with Crippen LogP contribution in [0.4, 0.5) is 0 Å². The summed E-state index contributed by atoms with van der Waals surface area (Å²) >= 11 is 0. The van der Waals surface area contributed by atoms with Crippen LogP contribution in [0.2, 0.25) is 0 Å². The van der Waals surface area contributed by atoms with Crippen molar-refractivity contribution in [3.8, 4) is 0 Å². The molecule has 0 aliphatic heterocycles. The lowest BCUT2D eigenvalue weighted by atomic mass is 10.3. The Morgan fingerprint density at radius 2 is 2.31 bits per heavy atom. The van der Waals surface area contributed by atoms with Crippen LogP contribution in [0.1, 0.15) is 5.69 Å². The molecule has 3 nitrogen and oxygen atoms in total. The van der Waals surface area contributed by atoms with Crippen LogP contribution in [0.15, 0.2) is 23.2 Å². The zero-order valence-corrected chi connectivity index (χ0v) is 8.31. The summed E-state index contributed by atoms with van der Waals surface area (Å²) in [5.41, 5.74) is 1.68. The normalized spacial score (nSPS) is 13.4. The van der Waals surface area contributed by atoms with Crippen molar-refractivity contribution in [2.45, 2.75) is 11.8 Å². The number of rotatable bonds is 1. The van der Waals surface area contributed by atoms with Gasteiger partial charge in [-0.1, -0.05) is 0 Å². The van der Waals surface area contributed by atoms with Gasteiger partial charge in [-0.3, -0.25) is 4.21 Å². The van der Waals surface area contributed by atoms with Crippen LogP contribution in [0.25, 0.3) is 11.0 Å². The molecule has 1 N–H and O–H groups in total. The number of nitrogens with one attached hydrogen (secondary N) is 1. The highest BCUT2D eigenvalue weighted by atomic mass is 32.2. The van der Waals surface area contributed by atoms with Gasteiger partial charge in [-0.25, -0.2) is 4.98 Å². The Balaban J connectivity index is 2.76. The van der Waals surface area contributed by atoms with Crippen LogP contribution in [0.5, 0.6) is 0 Å². The zero-order valence-electron chi connectivity index (χ0n) is 7.50. The van der Waals surface area contributed by atoms with Gasteiger partial charge < -0.3 is 4.98 Å². The molecule has 0 aromatic carbocycles. The summed E-state index contributed by atoms with van der Waals surface area (Å²) in [5, 5.41) is 1.01. The predicted molar refractivity (Wildman–Crippen MR) is 53.2 cm³/mol. The lowest BCUT2D eigenvalue weighted by Gasteiger charge is -2.00. The van der Waals surface area contributed by atoms with Crippen LogP contribution in [0.3, 0.4) is 0 Å². The number of aryl methyl sites for hydroxylation is 1. The first kappa shape index (κ1) is 8.44. The summed E-state index contributed by atoms with van der Waals surface area (Å²) in [5.74, 6) is 0. The molecule has 1 unspecified atom stereocenters. The van der Waals surface area contributed by atoms with Gasteiger partial charge in [-0.2, -0.15) is 0 Å². The van der Waals surface area contributed by atoms with Crippen LogP contribution < -0.4 is 0 Å². The highest BCUT2D eigenvalue weighted by Crippen LogP contribution is 2.17. The fourth-order valence-electron chi connectivity index (χ4n) is 1.35. The number of hydrogen-bond acceptors (Lipinski definition) is 2. The maximum Gasteiger partial charge on any atom is 0.137 e. The van der Waals surface area contributed by atoms with E-state index in [2.05, 4.69) is 9.97 Å². The number of fused-ring (bicyclic) bond motifs is 1. The van der Waals surface area contributed by atoms with E-state index >= 15 is 0 Å². The Hall–Kier alpha value is -1.16. The van der Waals surface area contributed by atoms with Crippen molar-refractivity contribution in [3.63, 3.8) is 0 Å². The third-order valence-electron chi connectivity index (χ3n) is 1.99. The monoisotopic (exact) mass is 194 g/mol. The molecule has 0 saturated carbocycles. The second kappa shape index (κ2) is 2.96. The maximum absolute atomic E-state index is 11.3. The fourth-order valence-corrected chi connectivity index (χ4v) is 2.10. The van der Waals surface area contributed by atoms with E-state index in [-0.39, 0.29) is 0 Å². The van der Waals surface area contributed by atoms with E-state index in [0.29, 0.717) is 0 Å². The van der Waals surface area contributed by atoms with Crippen molar-refractivity contribution in [1.82, 2.24) is 9.97 Å². The molecule has 0 saturated heterocycles. The van der Waals surface area contributed by atoms with Gasteiger partial charge in [0.15, 0.2) is 0 Å². The average Bonchev–Trinajstić information content (AvgIpc) is 2.48. The minimum atomic E-state index is -0.957. The van der Waals surface area contributed by atoms with Crippen molar-refractivity contribution in [2.75, 3.05) is 6.26 Å². The first-order valence-corrected chi connectivity index (χ1v) is 5.52. The molecule has 1 atom stereocenters. The third-order valence-corrected chi connectivity index (χ3v) is 3.02. The highest BCUT2D eigenvalue weighted by Gasteiger charge is 2.06. The van der Waals surface area contributed by atoms with Crippen molar-refractivity contribution >= 4 is 21.8 Å². The van der Waals surface area contributed by atoms with Gasteiger partial charge >= 0.3 is 0 Å². The van der Waals surface area contributed by atoms with E-state index in [1.807, 2.05) is 25.3 Å². The first-order valence-electron chi connectivity index (χ1n) is 3.96. The molecule has 0 aliphatic rings. The van der Waals surface area contributed by atoms with Gasteiger partial charge in [-0.15, -0.1) is 0 Å². The number of aromatic nitrogens is 2. The van der Waals surface area contributed by atoms with Crippen LogP contribution in [-0.2, 0) is 10.8 Å². The number of H-pyrrole nitrogens is 1. The van der Waals surface area contributed by atoms with Gasteiger partial charge in [0, 0.05) is 17.8 Å². The van der Waals surface area contributed by atoms with Crippen molar-refractivity contribution in [3.05, 3.63) is 24.0 Å². The summed E-state index contributed by atoms with van der Waals surface area (Å²) in [6, 6.07) is 3.85. The molecular weight excluding hydrogens is 184 g/mol. The Morgan fingerprint density at radius 1 is 1.54 bits per heavy atom. The lowest BCUT2D eigenvalue weighted by Crippen LogP contribution is -1.94. The Kier molecular flexibility index (Phi) is 1.92. The minimum Gasteiger partial charge on any atom is -0.346 e. The number of pyridine rings is 1. The molecule has 4 heteroatoms. The first-order chi connectivity index (χ1) is 6.18. The molecule has 2 heterocycles.